The zero-order valence-corrected chi connectivity index (χ0v) is 19.7. The maximum absolute atomic E-state index is 12.5. The number of fused-ring (bicyclic) bond motifs is 1. The summed E-state index contributed by atoms with van der Waals surface area (Å²) >= 11 is 0. The highest BCUT2D eigenvalue weighted by atomic mass is 32.2. The first-order chi connectivity index (χ1) is 17.0. The molecule has 0 radical (unpaired) electrons. The van der Waals surface area contributed by atoms with Crippen molar-refractivity contribution in [3.8, 4) is 29.1 Å². The topological polar surface area (TPSA) is 110 Å². The molecular weight excluding hydrogens is 462 g/mol. The van der Waals surface area contributed by atoms with Gasteiger partial charge in [-0.15, -0.1) is 0 Å². The molecule has 2 aliphatic rings. The minimum Gasteiger partial charge on any atom is -0.424 e. The molecule has 2 aliphatic carbocycles. The number of aromatic nitrogens is 3. The second-order valence-electron chi connectivity index (χ2n) is 9.03. The molecule has 0 saturated heterocycles. The summed E-state index contributed by atoms with van der Waals surface area (Å²) in [5.74, 6) is 0.597. The smallest absolute Gasteiger partial charge is 0.321 e. The van der Waals surface area contributed by atoms with Crippen molar-refractivity contribution in [3.05, 3.63) is 66.5 Å². The number of hydrogen-bond acceptors (Lipinski definition) is 6. The molecule has 0 bridgehead atoms. The molecule has 8 nitrogen and oxygen atoms in total. The van der Waals surface area contributed by atoms with Crippen molar-refractivity contribution in [2.75, 3.05) is 4.72 Å². The molecule has 4 aromatic rings. The summed E-state index contributed by atoms with van der Waals surface area (Å²) in [5, 5.41) is 10.6. The van der Waals surface area contributed by atoms with Gasteiger partial charge in [0.15, 0.2) is 0 Å². The number of nitriles is 1. The van der Waals surface area contributed by atoms with Crippen molar-refractivity contribution in [3.63, 3.8) is 0 Å². The Hall–Kier alpha value is -3.90. The van der Waals surface area contributed by atoms with Gasteiger partial charge in [0.1, 0.15) is 11.8 Å². The molecule has 0 atom stereocenters. The summed E-state index contributed by atoms with van der Waals surface area (Å²) in [5.41, 5.74) is 3.75. The van der Waals surface area contributed by atoms with E-state index in [4.69, 9.17) is 4.74 Å². The fourth-order valence-electron chi connectivity index (χ4n) is 4.53. The largest absolute Gasteiger partial charge is 0.424 e. The predicted molar refractivity (Wildman–Crippen MR) is 133 cm³/mol. The molecular formula is C26H23N5O3S. The monoisotopic (exact) mass is 485 g/mol. The molecule has 6 rings (SSSR count). The zero-order chi connectivity index (χ0) is 24.0. The van der Waals surface area contributed by atoms with Crippen LogP contribution >= 0.6 is 0 Å². The SMILES string of the molecule is N#Cc1c(-c2ccc(NS(=O)(=O)C3CCC3)cc2)n(C2CC2)c2cc(Oc3ncccn3)ccc12. The van der Waals surface area contributed by atoms with Gasteiger partial charge in [0, 0.05) is 35.6 Å². The first-order valence-corrected chi connectivity index (χ1v) is 13.2. The highest BCUT2D eigenvalue weighted by Gasteiger charge is 2.32. The molecule has 0 spiro atoms. The van der Waals surface area contributed by atoms with E-state index in [1.54, 1.807) is 30.6 Å². The number of nitrogens with one attached hydrogen (secondary N) is 1. The molecule has 2 heterocycles. The Balaban J connectivity index is 1.39. The van der Waals surface area contributed by atoms with E-state index < -0.39 is 10.0 Å². The minimum atomic E-state index is -3.36. The first-order valence-electron chi connectivity index (χ1n) is 11.7. The predicted octanol–water partition coefficient (Wildman–Crippen LogP) is 5.39. The zero-order valence-electron chi connectivity index (χ0n) is 18.9. The van der Waals surface area contributed by atoms with Crippen molar-refractivity contribution in [2.45, 2.75) is 43.4 Å². The molecule has 9 heteroatoms. The van der Waals surface area contributed by atoms with Crippen molar-refractivity contribution < 1.29 is 13.2 Å². The molecule has 0 amide bonds. The van der Waals surface area contributed by atoms with Gasteiger partial charge in [-0.05, 0) is 61.6 Å². The van der Waals surface area contributed by atoms with Crippen LogP contribution in [0.5, 0.6) is 11.8 Å². The molecule has 35 heavy (non-hydrogen) atoms. The van der Waals surface area contributed by atoms with Crippen molar-refractivity contribution >= 4 is 26.6 Å². The summed E-state index contributed by atoms with van der Waals surface area (Å²) in [7, 11) is -3.36. The van der Waals surface area contributed by atoms with Crippen LogP contribution in [0.2, 0.25) is 0 Å². The number of sulfonamides is 1. The van der Waals surface area contributed by atoms with Gasteiger partial charge in [0.05, 0.1) is 22.0 Å². The Morgan fingerprint density at radius 3 is 2.40 bits per heavy atom. The summed E-state index contributed by atoms with van der Waals surface area (Å²) in [6.45, 7) is 0. The van der Waals surface area contributed by atoms with Crippen molar-refractivity contribution in [1.82, 2.24) is 14.5 Å². The molecule has 2 aromatic carbocycles. The normalized spacial score (nSPS) is 16.0. The van der Waals surface area contributed by atoms with Gasteiger partial charge < -0.3 is 9.30 Å². The third-order valence-corrected chi connectivity index (χ3v) is 8.53. The lowest BCUT2D eigenvalue weighted by molar-refractivity contribution is 0.442. The van der Waals surface area contributed by atoms with Gasteiger partial charge in [0.25, 0.3) is 0 Å². The Bertz CT molecular complexity index is 1550. The number of hydrogen-bond donors (Lipinski definition) is 1. The van der Waals surface area contributed by atoms with Gasteiger partial charge >= 0.3 is 6.01 Å². The number of rotatable bonds is 7. The quantitative estimate of drug-likeness (QED) is 0.376. The van der Waals surface area contributed by atoms with Crippen LogP contribution in [0.1, 0.15) is 43.7 Å². The lowest BCUT2D eigenvalue weighted by atomic mass is 10.0. The Kier molecular flexibility index (Phi) is 5.19. The number of ether oxygens (including phenoxy) is 1. The van der Waals surface area contributed by atoms with Gasteiger partial charge in [-0.1, -0.05) is 18.6 Å². The van der Waals surface area contributed by atoms with Gasteiger partial charge in [-0.25, -0.2) is 18.4 Å². The molecule has 2 aromatic heterocycles. The van der Waals surface area contributed by atoms with Gasteiger partial charge in [-0.3, -0.25) is 4.72 Å². The first kappa shape index (κ1) is 21.6. The Morgan fingerprint density at radius 1 is 1.03 bits per heavy atom. The third-order valence-electron chi connectivity index (χ3n) is 6.66. The fraction of sp³-hybridized carbons (Fsp3) is 0.269. The molecule has 0 aliphatic heterocycles. The lowest BCUT2D eigenvalue weighted by Gasteiger charge is -2.25. The van der Waals surface area contributed by atoms with Crippen LogP contribution < -0.4 is 9.46 Å². The van der Waals surface area contributed by atoms with E-state index in [-0.39, 0.29) is 11.3 Å². The molecule has 0 unspecified atom stereocenters. The molecule has 176 valence electrons. The summed E-state index contributed by atoms with van der Waals surface area (Å²) < 4.78 is 35.7. The number of benzene rings is 2. The van der Waals surface area contributed by atoms with Crippen LogP contribution in [-0.2, 0) is 10.0 Å². The van der Waals surface area contributed by atoms with Crippen molar-refractivity contribution in [2.24, 2.45) is 0 Å². The van der Waals surface area contributed by atoms with Gasteiger partial charge in [-0.2, -0.15) is 5.26 Å². The van der Waals surface area contributed by atoms with Crippen LogP contribution in [0.15, 0.2) is 60.9 Å². The standard InChI is InChI=1S/C26H23N5O3S/c27-16-23-22-12-11-20(34-26-28-13-2-14-29-26)15-24(22)31(19-9-10-19)25(23)17-5-7-18(8-6-17)30-35(32,33)21-3-1-4-21/h2,5-8,11-15,19,21,30H,1,3-4,9-10H2. The van der Waals surface area contributed by atoms with E-state index in [2.05, 4.69) is 25.3 Å². The molecule has 2 saturated carbocycles. The molecule has 2 fully saturated rings. The van der Waals surface area contributed by atoms with Crippen LogP contribution in [-0.4, -0.2) is 28.2 Å². The second-order valence-corrected chi connectivity index (χ2v) is 11.0. The maximum Gasteiger partial charge on any atom is 0.321 e. The van der Waals surface area contributed by atoms with Crippen LogP contribution in [0.25, 0.3) is 22.2 Å². The number of anilines is 1. The maximum atomic E-state index is 12.5. The highest BCUT2D eigenvalue weighted by molar-refractivity contribution is 7.93. The third kappa shape index (κ3) is 4.00. The van der Waals surface area contributed by atoms with E-state index in [0.717, 1.165) is 41.4 Å². The van der Waals surface area contributed by atoms with Crippen molar-refractivity contribution in [1.29, 1.82) is 5.26 Å². The van der Waals surface area contributed by atoms with E-state index >= 15 is 0 Å². The van der Waals surface area contributed by atoms with Gasteiger partial charge in [0.2, 0.25) is 10.0 Å². The Morgan fingerprint density at radius 2 is 1.77 bits per heavy atom. The lowest BCUT2D eigenvalue weighted by Crippen LogP contribution is -2.33. The van der Waals surface area contributed by atoms with Crippen LogP contribution in [0.3, 0.4) is 0 Å². The van der Waals surface area contributed by atoms with Crippen LogP contribution in [0, 0.1) is 11.3 Å². The van der Waals surface area contributed by atoms with E-state index in [1.165, 1.54) is 0 Å². The van der Waals surface area contributed by atoms with E-state index in [0.29, 0.717) is 35.9 Å². The summed E-state index contributed by atoms with van der Waals surface area (Å²) in [4.78, 5) is 8.25. The summed E-state index contributed by atoms with van der Waals surface area (Å²) in [6.07, 6.45) is 7.69. The molecule has 1 N–H and O–H groups in total. The highest BCUT2D eigenvalue weighted by Crippen LogP contribution is 2.45. The van der Waals surface area contributed by atoms with Crippen LogP contribution in [0.4, 0.5) is 5.69 Å². The average molecular weight is 486 g/mol. The fourth-order valence-corrected chi connectivity index (χ4v) is 6.12. The minimum absolute atomic E-state index is 0.261. The average Bonchev–Trinajstić information content (AvgIpc) is 3.60. The number of nitrogens with zero attached hydrogens (tertiary/aromatic N) is 4. The second kappa shape index (κ2) is 8.40. The Labute approximate surface area is 203 Å². The summed E-state index contributed by atoms with van der Waals surface area (Å²) in [6, 6.07) is 17.6. The van der Waals surface area contributed by atoms with E-state index in [1.807, 2.05) is 30.3 Å². The van der Waals surface area contributed by atoms with E-state index in [9.17, 15) is 13.7 Å².